The molecule has 0 aliphatic carbocycles. The zero-order chi connectivity index (χ0) is 19.4. The number of hydrogen-bond donors (Lipinski definition) is 0. The summed E-state index contributed by atoms with van der Waals surface area (Å²) in [6.45, 7) is 0.805. The van der Waals surface area contributed by atoms with Crippen molar-refractivity contribution in [3.8, 4) is 23.0 Å². The van der Waals surface area contributed by atoms with Crippen LogP contribution in [0, 0.1) is 0 Å². The molecule has 144 valence electrons. The third-order valence-electron chi connectivity index (χ3n) is 4.74. The van der Waals surface area contributed by atoms with Crippen molar-refractivity contribution in [1.82, 2.24) is 0 Å². The third-order valence-corrected chi connectivity index (χ3v) is 5.48. The molecule has 6 heteroatoms. The summed E-state index contributed by atoms with van der Waals surface area (Å²) in [5, 5.41) is 0. The summed E-state index contributed by atoms with van der Waals surface area (Å²) in [6.07, 6.45) is 2.66. The van der Waals surface area contributed by atoms with E-state index < -0.39 is 0 Å². The van der Waals surface area contributed by atoms with Crippen LogP contribution in [0.4, 0.5) is 0 Å². The number of methoxy groups -OCH3 is 4. The molecule has 0 radical (unpaired) electrons. The van der Waals surface area contributed by atoms with Crippen LogP contribution in [0.15, 0.2) is 33.7 Å². The van der Waals surface area contributed by atoms with Gasteiger partial charge in [-0.25, -0.2) is 0 Å². The van der Waals surface area contributed by atoms with Gasteiger partial charge in [-0.15, -0.1) is 0 Å². The lowest BCUT2D eigenvalue weighted by Crippen LogP contribution is -2.09. The molecule has 1 aliphatic rings. The molecular formula is C21H24BrNO4. The van der Waals surface area contributed by atoms with E-state index in [2.05, 4.69) is 22.0 Å². The number of aryl methyl sites for hydroxylation is 1. The molecule has 0 N–H and O–H groups in total. The van der Waals surface area contributed by atoms with Gasteiger partial charge >= 0.3 is 0 Å². The maximum atomic E-state index is 5.51. The van der Waals surface area contributed by atoms with Crippen LogP contribution in [0.25, 0.3) is 0 Å². The van der Waals surface area contributed by atoms with E-state index in [-0.39, 0.29) is 0 Å². The summed E-state index contributed by atoms with van der Waals surface area (Å²) in [6, 6.07) is 8.03. The van der Waals surface area contributed by atoms with Gasteiger partial charge in [0.2, 0.25) is 0 Å². The summed E-state index contributed by atoms with van der Waals surface area (Å²) in [4.78, 5) is 4.86. The standard InChI is InChI=1S/C21H24BrNO4/c1-24-18-9-13-6-5-7-23-17(15(13)11-20(18)26-3)8-14-10-19(25-2)21(27-4)12-16(14)22/h9-12H,5-8H2,1-4H3. The normalized spacial score (nSPS) is 13.3. The molecule has 1 heterocycles. The van der Waals surface area contributed by atoms with Gasteiger partial charge in [0.25, 0.3) is 0 Å². The van der Waals surface area contributed by atoms with E-state index in [1.807, 2.05) is 18.2 Å². The van der Waals surface area contributed by atoms with E-state index in [1.165, 1.54) is 5.56 Å². The number of hydrogen-bond acceptors (Lipinski definition) is 5. The Balaban J connectivity index is 2.03. The van der Waals surface area contributed by atoms with Gasteiger partial charge in [0.15, 0.2) is 23.0 Å². The maximum Gasteiger partial charge on any atom is 0.161 e. The van der Waals surface area contributed by atoms with Crippen LogP contribution in [0.1, 0.15) is 23.1 Å². The molecule has 1 aliphatic heterocycles. The van der Waals surface area contributed by atoms with E-state index in [1.54, 1.807) is 28.4 Å². The molecule has 0 unspecified atom stereocenters. The van der Waals surface area contributed by atoms with Gasteiger partial charge in [0.05, 0.1) is 28.4 Å². The minimum Gasteiger partial charge on any atom is -0.493 e. The number of aliphatic imine (C=N–C) groups is 1. The zero-order valence-corrected chi connectivity index (χ0v) is 17.7. The average Bonchev–Trinajstić information content (AvgIpc) is 2.89. The number of nitrogens with zero attached hydrogens (tertiary/aromatic N) is 1. The molecule has 0 atom stereocenters. The molecule has 27 heavy (non-hydrogen) atoms. The van der Waals surface area contributed by atoms with Gasteiger partial charge in [0, 0.05) is 28.7 Å². The Bertz CT molecular complexity index is 864. The summed E-state index contributed by atoms with van der Waals surface area (Å²) >= 11 is 3.65. The van der Waals surface area contributed by atoms with Crippen molar-refractivity contribution in [1.29, 1.82) is 0 Å². The lowest BCUT2D eigenvalue weighted by Gasteiger charge is -2.16. The summed E-state index contributed by atoms with van der Waals surface area (Å²) < 4.78 is 22.8. The summed E-state index contributed by atoms with van der Waals surface area (Å²) in [5.41, 5.74) is 4.48. The van der Waals surface area contributed by atoms with Gasteiger partial charge < -0.3 is 18.9 Å². The predicted octanol–water partition coefficient (Wildman–Crippen LogP) is 4.46. The highest BCUT2D eigenvalue weighted by Crippen LogP contribution is 2.36. The maximum absolute atomic E-state index is 5.51. The largest absolute Gasteiger partial charge is 0.493 e. The Morgan fingerprint density at radius 2 is 1.44 bits per heavy atom. The molecule has 0 bridgehead atoms. The van der Waals surface area contributed by atoms with Crippen molar-refractivity contribution in [2.24, 2.45) is 4.99 Å². The Hall–Kier alpha value is -2.21. The van der Waals surface area contributed by atoms with E-state index in [0.717, 1.165) is 52.2 Å². The summed E-state index contributed by atoms with van der Waals surface area (Å²) in [5.74, 6) is 2.88. The first-order valence-corrected chi connectivity index (χ1v) is 9.59. The Morgan fingerprint density at radius 3 is 2.11 bits per heavy atom. The van der Waals surface area contributed by atoms with E-state index in [0.29, 0.717) is 17.9 Å². The lowest BCUT2D eigenvalue weighted by molar-refractivity contribution is 0.354. The lowest BCUT2D eigenvalue weighted by atomic mass is 9.95. The topological polar surface area (TPSA) is 49.3 Å². The van der Waals surface area contributed by atoms with Gasteiger partial charge in [-0.1, -0.05) is 15.9 Å². The van der Waals surface area contributed by atoms with E-state index in [4.69, 9.17) is 23.9 Å². The van der Waals surface area contributed by atoms with Gasteiger partial charge in [0.1, 0.15) is 0 Å². The van der Waals surface area contributed by atoms with Crippen LogP contribution >= 0.6 is 15.9 Å². The minimum absolute atomic E-state index is 0.684. The first-order chi connectivity index (χ1) is 13.1. The highest BCUT2D eigenvalue weighted by atomic mass is 79.9. The van der Waals surface area contributed by atoms with Crippen molar-refractivity contribution in [3.05, 3.63) is 45.4 Å². The molecule has 0 saturated heterocycles. The predicted molar refractivity (Wildman–Crippen MR) is 110 cm³/mol. The fraction of sp³-hybridized carbons (Fsp3) is 0.381. The molecular weight excluding hydrogens is 410 g/mol. The average molecular weight is 434 g/mol. The fourth-order valence-corrected chi connectivity index (χ4v) is 3.79. The molecule has 0 saturated carbocycles. The second kappa shape index (κ2) is 8.65. The molecule has 2 aromatic carbocycles. The Kier molecular flexibility index (Phi) is 6.26. The number of fused-ring (bicyclic) bond motifs is 1. The monoisotopic (exact) mass is 433 g/mol. The van der Waals surface area contributed by atoms with Crippen LogP contribution < -0.4 is 18.9 Å². The third kappa shape index (κ3) is 4.05. The molecule has 0 fully saturated rings. The molecule has 3 rings (SSSR count). The molecule has 5 nitrogen and oxygen atoms in total. The second-order valence-electron chi connectivity index (χ2n) is 6.27. The van der Waals surface area contributed by atoms with Crippen LogP contribution in [0.2, 0.25) is 0 Å². The SMILES string of the molecule is COc1cc(Br)c(CC2=NCCCc3cc(OC)c(OC)cc32)cc1OC. The van der Waals surface area contributed by atoms with Crippen LogP contribution in [-0.4, -0.2) is 40.7 Å². The number of rotatable bonds is 6. The van der Waals surface area contributed by atoms with Crippen molar-refractivity contribution in [2.45, 2.75) is 19.3 Å². The number of halogens is 1. The zero-order valence-electron chi connectivity index (χ0n) is 16.1. The Labute approximate surface area is 168 Å². The first-order valence-electron chi connectivity index (χ1n) is 8.80. The van der Waals surface area contributed by atoms with Crippen LogP contribution in [-0.2, 0) is 12.8 Å². The minimum atomic E-state index is 0.684. The van der Waals surface area contributed by atoms with Gasteiger partial charge in [-0.3, -0.25) is 4.99 Å². The Morgan fingerprint density at radius 1 is 0.852 bits per heavy atom. The van der Waals surface area contributed by atoms with E-state index in [9.17, 15) is 0 Å². The van der Waals surface area contributed by atoms with E-state index >= 15 is 0 Å². The molecule has 0 aromatic heterocycles. The fourth-order valence-electron chi connectivity index (χ4n) is 3.33. The quantitative estimate of drug-likeness (QED) is 0.674. The van der Waals surface area contributed by atoms with Gasteiger partial charge in [-0.2, -0.15) is 0 Å². The van der Waals surface area contributed by atoms with Crippen molar-refractivity contribution in [3.63, 3.8) is 0 Å². The molecule has 0 amide bonds. The van der Waals surface area contributed by atoms with Crippen molar-refractivity contribution >= 4 is 21.6 Å². The summed E-state index contributed by atoms with van der Waals surface area (Å²) in [7, 11) is 6.60. The molecule has 2 aromatic rings. The van der Waals surface area contributed by atoms with Crippen LogP contribution in [0.5, 0.6) is 23.0 Å². The smallest absolute Gasteiger partial charge is 0.161 e. The molecule has 0 spiro atoms. The highest BCUT2D eigenvalue weighted by Gasteiger charge is 2.19. The first kappa shape index (κ1) is 19.5. The number of benzene rings is 2. The van der Waals surface area contributed by atoms with Crippen molar-refractivity contribution in [2.75, 3.05) is 35.0 Å². The van der Waals surface area contributed by atoms with Crippen molar-refractivity contribution < 1.29 is 18.9 Å². The number of ether oxygens (including phenoxy) is 4. The van der Waals surface area contributed by atoms with Gasteiger partial charge in [-0.05, 0) is 48.2 Å². The highest BCUT2D eigenvalue weighted by molar-refractivity contribution is 9.10. The second-order valence-corrected chi connectivity index (χ2v) is 7.13. The van der Waals surface area contributed by atoms with Crippen LogP contribution in [0.3, 0.4) is 0 Å².